The van der Waals surface area contributed by atoms with Crippen molar-refractivity contribution in [1.82, 2.24) is 29.5 Å². The molecule has 0 saturated heterocycles. The van der Waals surface area contributed by atoms with E-state index >= 15 is 0 Å². The molecule has 190 valence electrons. The third kappa shape index (κ3) is 3.97. The summed E-state index contributed by atoms with van der Waals surface area (Å²) in [5, 5.41) is 12.6. The number of anilines is 1. The lowest BCUT2D eigenvalue weighted by atomic mass is 9.99. The largest absolute Gasteiger partial charge is 0.416 e. The fourth-order valence-electron chi connectivity index (χ4n) is 4.85. The maximum atomic E-state index is 13.9. The van der Waals surface area contributed by atoms with Gasteiger partial charge in [-0.15, -0.1) is 21.8 Å². The third-order valence-corrected chi connectivity index (χ3v) is 7.14. The number of carbonyl (C=O) groups excluding carboxylic acids is 1. The van der Waals surface area contributed by atoms with Gasteiger partial charge in [0.2, 0.25) is 0 Å². The van der Waals surface area contributed by atoms with E-state index in [1.54, 1.807) is 34.9 Å². The van der Waals surface area contributed by atoms with Crippen molar-refractivity contribution in [2.45, 2.75) is 37.4 Å². The summed E-state index contributed by atoms with van der Waals surface area (Å²) in [5.41, 5.74) is 2.36. The SMILES string of the molecule is Cn1cnnc1-c1cnn(C)c1-c1cc(C2CC2)nc(N2Cc3c(cc(CCl)cc3C(F)(F)F)C2=O)c1. The van der Waals surface area contributed by atoms with Gasteiger partial charge in [0, 0.05) is 42.7 Å². The summed E-state index contributed by atoms with van der Waals surface area (Å²) >= 11 is 5.85. The summed E-state index contributed by atoms with van der Waals surface area (Å²) < 4.78 is 45.1. The number of aryl methyl sites for hydroxylation is 2. The minimum atomic E-state index is -4.61. The number of amides is 1. The van der Waals surface area contributed by atoms with Gasteiger partial charge in [-0.05, 0) is 48.2 Å². The lowest BCUT2D eigenvalue weighted by Crippen LogP contribution is -2.24. The van der Waals surface area contributed by atoms with Crippen molar-refractivity contribution in [3.05, 3.63) is 64.7 Å². The van der Waals surface area contributed by atoms with Crippen molar-refractivity contribution >= 4 is 23.3 Å². The average molecular weight is 528 g/mol. The van der Waals surface area contributed by atoms with Gasteiger partial charge < -0.3 is 4.57 Å². The molecule has 1 aliphatic heterocycles. The molecular weight excluding hydrogens is 507 g/mol. The van der Waals surface area contributed by atoms with Gasteiger partial charge in [-0.3, -0.25) is 14.4 Å². The monoisotopic (exact) mass is 527 g/mol. The minimum Gasteiger partial charge on any atom is -0.317 e. The Morgan fingerprint density at radius 2 is 1.89 bits per heavy atom. The number of halogens is 4. The number of hydrogen-bond acceptors (Lipinski definition) is 5. The lowest BCUT2D eigenvalue weighted by molar-refractivity contribution is -0.138. The van der Waals surface area contributed by atoms with E-state index in [1.807, 2.05) is 13.1 Å². The van der Waals surface area contributed by atoms with Crippen LogP contribution in [0.15, 0.2) is 36.8 Å². The second kappa shape index (κ2) is 8.41. The number of alkyl halides is 4. The maximum Gasteiger partial charge on any atom is 0.416 e. The molecule has 6 rings (SSSR count). The van der Waals surface area contributed by atoms with Gasteiger partial charge in [-0.1, -0.05) is 0 Å². The Kier molecular flexibility index (Phi) is 5.37. The van der Waals surface area contributed by atoms with Crippen LogP contribution in [0.5, 0.6) is 0 Å². The van der Waals surface area contributed by atoms with Crippen molar-refractivity contribution in [3.63, 3.8) is 0 Å². The number of carbonyl (C=O) groups is 1. The van der Waals surface area contributed by atoms with E-state index in [0.717, 1.165) is 41.4 Å². The summed E-state index contributed by atoms with van der Waals surface area (Å²) in [6.45, 7) is -0.229. The van der Waals surface area contributed by atoms with E-state index in [2.05, 4.69) is 15.3 Å². The van der Waals surface area contributed by atoms with Crippen LogP contribution in [0.25, 0.3) is 22.6 Å². The summed E-state index contributed by atoms with van der Waals surface area (Å²) in [6.07, 6.45) is 0.589. The average Bonchev–Trinajstić information content (AvgIpc) is 3.41. The molecule has 12 heteroatoms. The van der Waals surface area contributed by atoms with Gasteiger partial charge >= 0.3 is 6.18 Å². The highest BCUT2D eigenvalue weighted by molar-refractivity contribution is 6.17. The molecule has 1 aliphatic carbocycles. The van der Waals surface area contributed by atoms with Crippen LogP contribution in [-0.4, -0.2) is 35.4 Å². The molecule has 8 nitrogen and oxygen atoms in total. The fourth-order valence-corrected chi connectivity index (χ4v) is 5.01. The maximum absolute atomic E-state index is 13.9. The Hall–Kier alpha value is -3.73. The fraction of sp³-hybridized carbons (Fsp3) is 0.320. The molecule has 0 radical (unpaired) electrons. The Morgan fingerprint density at radius 1 is 1.11 bits per heavy atom. The number of fused-ring (bicyclic) bond motifs is 1. The zero-order chi connectivity index (χ0) is 26.1. The quantitative estimate of drug-likeness (QED) is 0.338. The summed E-state index contributed by atoms with van der Waals surface area (Å²) in [6, 6.07) is 6.14. The van der Waals surface area contributed by atoms with Crippen molar-refractivity contribution in [2.75, 3.05) is 4.90 Å². The lowest BCUT2D eigenvalue weighted by Gasteiger charge is -2.18. The number of benzene rings is 1. The van der Waals surface area contributed by atoms with E-state index in [4.69, 9.17) is 16.6 Å². The highest BCUT2D eigenvalue weighted by Crippen LogP contribution is 2.44. The first-order valence-electron chi connectivity index (χ1n) is 11.6. The van der Waals surface area contributed by atoms with Crippen molar-refractivity contribution < 1.29 is 18.0 Å². The summed E-state index contributed by atoms with van der Waals surface area (Å²) in [5.74, 6) is 0.485. The number of rotatable bonds is 5. The standard InChI is InChI=1S/C25H21ClF3N7O/c1-34-12-30-33-23(34)17-10-31-35(2)22(17)15-7-20(14-3-4-14)32-21(8-15)36-11-18-16(24(36)37)5-13(9-26)6-19(18)25(27,28)29/h5-8,10,12,14H,3-4,9,11H2,1-2H3. The van der Waals surface area contributed by atoms with Crippen LogP contribution in [0, 0.1) is 0 Å². The first-order chi connectivity index (χ1) is 17.7. The normalized spacial score (nSPS) is 15.5. The van der Waals surface area contributed by atoms with Gasteiger partial charge in [0.15, 0.2) is 5.82 Å². The van der Waals surface area contributed by atoms with Crippen LogP contribution in [0.1, 0.15) is 51.5 Å². The number of pyridine rings is 1. The number of nitrogens with zero attached hydrogens (tertiary/aromatic N) is 7. The Morgan fingerprint density at radius 3 is 2.54 bits per heavy atom. The topological polar surface area (TPSA) is 81.7 Å². The van der Waals surface area contributed by atoms with Gasteiger partial charge in [0.25, 0.3) is 5.91 Å². The second-order valence-electron chi connectivity index (χ2n) is 9.40. The molecule has 37 heavy (non-hydrogen) atoms. The Bertz CT molecular complexity index is 1550. The summed E-state index contributed by atoms with van der Waals surface area (Å²) in [4.78, 5) is 19.5. The van der Waals surface area contributed by atoms with Gasteiger partial charge in [-0.25, -0.2) is 4.98 Å². The van der Waals surface area contributed by atoms with Crippen LogP contribution in [0.2, 0.25) is 0 Å². The highest BCUT2D eigenvalue weighted by atomic mass is 35.5. The number of hydrogen-bond donors (Lipinski definition) is 0. The third-order valence-electron chi connectivity index (χ3n) is 6.83. The van der Waals surface area contributed by atoms with Crippen molar-refractivity contribution in [2.24, 2.45) is 14.1 Å². The molecule has 2 aliphatic rings. The molecule has 1 amide bonds. The molecule has 0 bridgehead atoms. The zero-order valence-corrected chi connectivity index (χ0v) is 20.7. The highest BCUT2D eigenvalue weighted by Gasteiger charge is 2.41. The number of aromatic nitrogens is 6. The van der Waals surface area contributed by atoms with Crippen molar-refractivity contribution in [3.8, 4) is 22.6 Å². The van der Waals surface area contributed by atoms with E-state index in [9.17, 15) is 18.0 Å². The predicted octanol–water partition coefficient (Wildman–Crippen LogP) is 5.07. The summed E-state index contributed by atoms with van der Waals surface area (Å²) in [7, 11) is 3.62. The molecule has 0 N–H and O–H groups in total. The molecule has 0 unspecified atom stereocenters. The Labute approximate surface area is 214 Å². The molecule has 1 saturated carbocycles. The van der Waals surface area contributed by atoms with Crippen LogP contribution >= 0.6 is 11.6 Å². The molecular formula is C25H21ClF3N7O. The van der Waals surface area contributed by atoms with Crippen LogP contribution in [-0.2, 0) is 32.7 Å². The van der Waals surface area contributed by atoms with Gasteiger partial charge in [0.1, 0.15) is 12.1 Å². The smallest absolute Gasteiger partial charge is 0.317 e. The predicted molar refractivity (Wildman–Crippen MR) is 130 cm³/mol. The molecule has 0 spiro atoms. The zero-order valence-electron chi connectivity index (χ0n) is 19.9. The van der Waals surface area contributed by atoms with Crippen LogP contribution in [0.4, 0.5) is 19.0 Å². The Balaban J connectivity index is 1.49. The molecule has 4 aromatic rings. The van der Waals surface area contributed by atoms with Gasteiger partial charge in [0.05, 0.1) is 29.6 Å². The van der Waals surface area contributed by atoms with E-state index < -0.39 is 17.6 Å². The van der Waals surface area contributed by atoms with Crippen LogP contribution < -0.4 is 4.90 Å². The molecule has 0 atom stereocenters. The van der Waals surface area contributed by atoms with E-state index in [-0.39, 0.29) is 35.0 Å². The van der Waals surface area contributed by atoms with E-state index in [0.29, 0.717) is 11.6 Å². The van der Waals surface area contributed by atoms with Crippen LogP contribution in [0.3, 0.4) is 0 Å². The van der Waals surface area contributed by atoms with Crippen molar-refractivity contribution in [1.29, 1.82) is 0 Å². The molecule has 1 aromatic carbocycles. The molecule has 4 heterocycles. The van der Waals surface area contributed by atoms with Gasteiger partial charge in [-0.2, -0.15) is 18.3 Å². The van der Waals surface area contributed by atoms with E-state index in [1.165, 1.54) is 11.0 Å². The minimum absolute atomic E-state index is 0.00552. The first kappa shape index (κ1) is 23.7. The molecule has 1 fully saturated rings. The first-order valence-corrected chi connectivity index (χ1v) is 12.2. The second-order valence-corrected chi connectivity index (χ2v) is 9.67. The molecule has 3 aromatic heterocycles.